The van der Waals surface area contributed by atoms with Crippen molar-refractivity contribution in [2.45, 2.75) is 39.2 Å². The number of unbranched alkanes of at least 4 members (excludes halogenated alkanes) is 2. The molecule has 30 heavy (non-hydrogen) atoms. The summed E-state index contributed by atoms with van der Waals surface area (Å²) < 4.78 is 21.9. The number of carbonyl (C=O) groups excluding carboxylic acids is 1. The van der Waals surface area contributed by atoms with Crippen molar-refractivity contribution in [3.05, 3.63) is 48.0 Å². The minimum Gasteiger partial charge on any atom is -0.494 e. The average molecular weight is 415 g/mol. The maximum atomic E-state index is 12.3. The van der Waals surface area contributed by atoms with E-state index in [1.54, 1.807) is 39.3 Å². The third-order valence-electron chi connectivity index (χ3n) is 4.33. The fourth-order valence-corrected chi connectivity index (χ4v) is 2.68. The van der Waals surface area contributed by atoms with Crippen LogP contribution >= 0.6 is 0 Å². The van der Waals surface area contributed by atoms with Gasteiger partial charge in [-0.25, -0.2) is 5.43 Å². The van der Waals surface area contributed by atoms with Crippen LogP contribution in [0.3, 0.4) is 0 Å². The summed E-state index contributed by atoms with van der Waals surface area (Å²) in [6.07, 6.45) is 4.13. The van der Waals surface area contributed by atoms with Crippen LogP contribution in [0.2, 0.25) is 0 Å². The summed E-state index contributed by atoms with van der Waals surface area (Å²) in [5, 5.41) is 3.99. The number of methoxy groups -OCH3 is 2. The quantitative estimate of drug-likeness (QED) is 0.320. The Labute approximate surface area is 178 Å². The van der Waals surface area contributed by atoms with Gasteiger partial charge in [-0.2, -0.15) is 5.10 Å². The SMILES string of the molecule is CCCCCOc1ccc(OC(C)C(=O)N/N=C/c2cccc(OC)c2OC)cc1. The molecular formula is C23H30N2O5. The number of para-hydroxylation sites is 1. The highest BCUT2D eigenvalue weighted by atomic mass is 16.5. The summed E-state index contributed by atoms with van der Waals surface area (Å²) in [5.74, 6) is 2.12. The molecule has 0 aromatic heterocycles. The highest BCUT2D eigenvalue weighted by Gasteiger charge is 2.14. The van der Waals surface area contributed by atoms with E-state index in [1.165, 1.54) is 6.21 Å². The van der Waals surface area contributed by atoms with Crippen LogP contribution in [0, 0.1) is 0 Å². The van der Waals surface area contributed by atoms with Gasteiger partial charge in [0, 0.05) is 5.56 Å². The lowest BCUT2D eigenvalue weighted by molar-refractivity contribution is -0.127. The monoisotopic (exact) mass is 414 g/mol. The van der Waals surface area contributed by atoms with E-state index < -0.39 is 6.10 Å². The van der Waals surface area contributed by atoms with E-state index in [9.17, 15) is 4.79 Å². The molecule has 0 saturated carbocycles. The second kappa shape index (κ2) is 12.4. The van der Waals surface area contributed by atoms with Gasteiger partial charge in [0.1, 0.15) is 11.5 Å². The molecule has 2 aromatic rings. The molecule has 1 atom stereocenters. The molecule has 7 heteroatoms. The molecule has 0 aliphatic rings. The Hall–Kier alpha value is -3.22. The first-order chi connectivity index (χ1) is 14.6. The number of amides is 1. The van der Waals surface area contributed by atoms with Crippen molar-refractivity contribution in [2.75, 3.05) is 20.8 Å². The van der Waals surface area contributed by atoms with Gasteiger partial charge in [-0.05, 0) is 49.7 Å². The van der Waals surface area contributed by atoms with Gasteiger partial charge in [-0.15, -0.1) is 0 Å². The van der Waals surface area contributed by atoms with Crippen molar-refractivity contribution >= 4 is 12.1 Å². The Morgan fingerprint density at radius 3 is 2.47 bits per heavy atom. The van der Waals surface area contributed by atoms with Crippen LogP contribution < -0.4 is 24.4 Å². The summed E-state index contributed by atoms with van der Waals surface area (Å²) in [5.41, 5.74) is 3.16. The topological polar surface area (TPSA) is 78.4 Å². The van der Waals surface area contributed by atoms with Crippen molar-refractivity contribution in [3.8, 4) is 23.0 Å². The molecule has 1 amide bonds. The number of carbonyl (C=O) groups is 1. The molecule has 2 aromatic carbocycles. The van der Waals surface area contributed by atoms with Crippen LogP contribution in [0.4, 0.5) is 0 Å². The molecule has 0 radical (unpaired) electrons. The zero-order chi connectivity index (χ0) is 21.8. The van der Waals surface area contributed by atoms with Crippen molar-refractivity contribution < 1.29 is 23.7 Å². The Morgan fingerprint density at radius 2 is 1.80 bits per heavy atom. The van der Waals surface area contributed by atoms with E-state index in [-0.39, 0.29) is 5.91 Å². The van der Waals surface area contributed by atoms with Gasteiger partial charge in [0.05, 0.1) is 27.0 Å². The minimum atomic E-state index is -0.717. The first kappa shape index (κ1) is 23.1. The largest absolute Gasteiger partial charge is 0.494 e. The third-order valence-corrected chi connectivity index (χ3v) is 4.33. The lowest BCUT2D eigenvalue weighted by Crippen LogP contribution is -2.33. The summed E-state index contributed by atoms with van der Waals surface area (Å²) >= 11 is 0. The summed E-state index contributed by atoms with van der Waals surface area (Å²) in [6.45, 7) is 4.51. The third kappa shape index (κ3) is 6.99. The number of hydrazone groups is 1. The molecule has 7 nitrogen and oxygen atoms in total. The summed E-state index contributed by atoms with van der Waals surface area (Å²) in [6, 6.07) is 12.6. The second-order valence-corrected chi connectivity index (χ2v) is 6.60. The first-order valence-electron chi connectivity index (χ1n) is 10.0. The molecule has 0 heterocycles. The van der Waals surface area contributed by atoms with E-state index in [2.05, 4.69) is 17.5 Å². The molecule has 0 aliphatic carbocycles. The van der Waals surface area contributed by atoms with Gasteiger partial charge in [0.25, 0.3) is 5.91 Å². The molecular weight excluding hydrogens is 384 g/mol. The van der Waals surface area contributed by atoms with Crippen molar-refractivity contribution in [1.82, 2.24) is 5.43 Å². The maximum absolute atomic E-state index is 12.3. The average Bonchev–Trinajstić information content (AvgIpc) is 2.77. The number of hydrogen-bond acceptors (Lipinski definition) is 6. The lowest BCUT2D eigenvalue weighted by atomic mass is 10.2. The molecule has 0 saturated heterocycles. The van der Waals surface area contributed by atoms with Crippen molar-refractivity contribution in [2.24, 2.45) is 5.10 Å². The highest BCUT2D eigenvalue weighted by Crippen LogP contribution is 2.29. The van der Waals surface area contributed by atoms with Crippen LogP contribution in [0.25, 0.3) is 0 Å². The van der Waals surface area contributed by atoms with Crippen LogP contribution in [0.5, 0.6) is 23.0 Å². The number of nitrogens with one attached hydrogen (secondary N) is 1. The summed E-state index contributed by atoms with van der Waals surface area (Å²) in [4.78, 5) is 12.3. The molecule has 0 fully saturated rings. The summed E-state index contributed by atoms with van der Waals surface area (Å²) in [7, 11) is 3.11. The van der Waals surface area contributed by atoms with Gasteiger partial charge < -0.3 is 18.9 Å². The molecule has 0 spiro atoms. The van der Waals surface area contributed by atoms with E-state index >= 15 is 0 Å². The first-order valence-corrected chi connectivity index (χ1v) is 10.0. The maximum Gasteiger partial charge on any atom is 0.280 e. The van der Waals surface area contributed by atoms with E-state index in [4.69, 9.17) is 18.9 Å². The van der Waals surface area contributed by atoms with Gasteiger partial charge >= 0.3 is 0 Å². The Kier molecular flexibility index (Phi) is 9.51. The molecule has 2 rings (SSSR count). The standard InChI is InChI=1S/C23H30N2O5/c1-5-6-7-15-29-19-11-13-20(14-12-19)30-17(2)23(26)25-24-16-18-9-8-10-21(27-3)22(18)28-4/h8-14,16-17H,5-7,15H2,1-4H3,(H,25,26)/b24-16+. The smallest absolute Gasteiger partial charge is 0.280 e. The van der Waals surface area contributed by atoms with E-state index in [1.807, 2.05) is 24.3 Å². The van der Waals surface area contributed by atoms with Crippen molar-refractivity contribution in [1.29, 1.82) is 0 Å². The van der Waals surface area contributed by atoms with E-state index in [0.717, 1.165) is 25.0 Å². The number of hydrogen-bond donors (Lipinski definition) is 1. The normalized spacial score (nSPS) is 11.7. The molecule has 1 unspecified atom stereocenters. The fourth-order valence-electron chi connectivity index (χ4n) is 2.68. The van der Waals surface area contributed by atoms with Crippen molar-refractivity contribution in [3.63, 3.8) is 0 Å². The lowest BCUT2D eigenvalue weighted by Gasteiger charge is -2.14. The number of benzene rings is 2. The van der Waals surface area contributed by atoms with Gasteiger partial charge in [-0.3, -0.25) is 4.79 Å². The second-order valence-electron chi connectivity index (χ2n) is 6.60. The van der Waals surface area contributed by atoms with E-state index in [0.29, 0.717) is 29.4 Å². The predicted molar refractivity (Wildman–Crippen MR) is 117 cm³/mol. The highest BCUT2D eigenvalue weighted by molar-refractivity contribution is 5.87. The fraction of sp³-hybridized carbons (Fsp3) is 0.391. The predicted octanol–water partition coefficient (Wildman–Crippen LogP) is 4.19. The number of rotatable bonds is 12. The molecule has 1 N–H and O–H groups in total. The molecule has 0 bridgehead atoms. The minimum absolute atomic E-state index is 0.368. The molecule has 0 aliphatic heterocycles. The number of nitrogens with zero attached hydrogens (tertiary/aromatic N) is 1. The van der Waals surface area contributed by atoms with Crippen LogP contribution in [-0.2, 0) is 4.79 Å². The number of ether oxygens (including phenoxy) is 4. The van der Waals surface area contributed by atoms with Gasteiger partial charge in [-0.1, -0.05) is 25.8 Å². The Morgan fingerprint density at radius 1 is 1.07 bits per heavy atom. The van der Waals surface area contributed by atoms with Crippen LogP contribution in [0.15, 0.2) is 47.6 Å². The van der Waals surface area contributed by atoms with Crippen LogP contribution in [0.1, 0.15) is 38.7 Å². The zero-order valence-electron chi connectivity index (χ0n) is 18.0. The molecule has 162 valence electrons. The van der Waals surface area contributed by atoms with Gasteiger partial charge in [0.2, 0.25) is 0 Å². The zero-order valence-corrected chi connectivity index (χ0v) is 18.0. The Balaban J connectivity index is 1.85. The van der Waals surface area contributed by atoms with Crippen LogP contribution in [-0.4, -0.2) is 39.1 Å². The Bertz CT molecular complexity index is 821. The van der Waals surface area contributed by atoms with Gasteiger partial charge in [0.15, 0.2) is 17.6 Å².